The number of carbonyl (C=O) groups is 3. The van der Waals surface area contributed by atoms with E-state index < -0.39 is 47.6 Å². The van der Waals surface area contributed by atoms with Crippen molar-refractivity contribution in [2.24, 2.45) is 5.92 Å². The van der Waals surface area contributed by atoms with Crippen LogP contribution in [0.1, 0.15) is 91.3 Å². The third kappa shape index (κ3) is 12.7. The second-order valence-corrected chi connectivity index (χ2v) is 14.4. The first kappa shape index (κ1) is 44.8. The third-order valence-corrected chi connectivity index (χ3v) is 9.16. The smallest absolute Gasteiger partial charge is 0.431 e. The topological polar surface area (TPSA) is 130 Å². The highest BCUT2D eigenvalue weighted by atomic mass is 19.4. The van der Waals surface area contributed by atoms with Gasteiger partial charge in [-0.05, 0) is 118 Å². The summed E-state index contributed by atoms with van der Waals surface area (Å²) in [5, 5.41) is 14.0. The van der Waals surface area contributed by atoms with E-state index in [0.717, 1.165) is 24.1 Å². The third-order valence-electron chi connectivity index (χ3n) is 9.16. The molecule has 0 radical (unpaired) electrons. The Kier molecular flexibility index (Phi) is 16.1. The van der Waals surface area contributed by atoms with Gasteiger partial charge in [-0.25, -0.2) is 8.78 Å². The average molecular weight is 779 g/mol. The van der Waals surface area contributed by atoms with E-state index in [9.17, 15) is 41.1 Å². The lowest BCUT2D eigenvalue weighted by atomic mass is 9.90. The molecule has 1 aliphatic rings. The number of aliphatic carboxylic acids is 1. The summed E-state index contributed by atoms with van der Waals surface area (Å²) >= 11 is 0. The molecule has 3 N–H and O–H groups in total. The van der Waals surface area contributed by atoms with Gasteiger partial charge < -0.3 is 25.0 Å². The van der Waals surface area contributed by atoms with E-state index in [2.05, 4.69) is 15.5 Å². The number of morpholine rings is 1. The van der Waals surface area contributed by atoms with Crippen LogP contribution in [0.5, 0.6) is 0 Å². The number of hydrogen-bond donors (Lipinski definition) is 3. The molecule has 1 saturated heterocycles. The monoisotopic (exact) mass is 778 g/mol. The second kappa shape index (κ2) is 19.8. The summed E-state index contributed by atoms with van der Waals surface area (Å²) < 4.78 is 74.8. The van der Waals surface area contributed by atoms with Crippen LogP contribution in [0, 0.1) is 38.3 Å². The summed E-state index contributed by atoms with van der Waals surface area (Å²) in [4.78, 5) is 49.0. The first-order chi connectivity index (χ1) is 25.7. The van der Waals surface area contributed by atoms with Crippen molar-refractivity contribution in [2.45, 2.75) is 98.7 Å². The minimum absolute atomic E-state index is 0.0556. The van der Waals surface area contributed by atoms with E-state index in [0.29, 0.717) is 71.7 Å². The Balaban J connectivity index is 0.000000300. The number of amides is 2. The van der Waals surface area contributed by atoms with E-state index in [4.69, 9.17) is 9.84 Å². The Hall–Kier alpha value is -4.63. The molecule has 10 nitrogen and oxygen atoms in total. The van der Waals surface area contributed by atoms with Crippen LogP contribution in [0.2, 0.25) is 0 Å². The number of hydrogen-bond acceptors (Lipinski definition) is 6. The molecular weight excluding hydrogens is 727 g/mol. The Bertz CT molecular complexity index is 1850. The number of halogens is 5. The van der Waals surface area contributed by atoms with Crippen molar-refractivity contribution in [1.29, 1.82) is 0 Å². The van der Waals surface area contributed by atoms with E-state index in [-0.39, 0.29) is 35.7 Å². The second-order valence-electron chi connectivity index (χ2n) is 14.4. The molecule has 1 aromatic heterocycles. The van der Waals surface area contributed by atoms with Gasteiger partial charge in [0.05, 0.1) is 24.7 Å². The van der Waals surface area contributed by atoms with Crippen LogP contribution >= 0.6 is 0 Å². The van der Waals surface area contributed by atoms with Gasteiger partial charge in [0.15, 0.2) is 0 Å². The fourth-order valence-electron chi connectivity index (χ4n) is 6.79. The van der Waals surface area contributed by atoms with Crippen LogP contribution in [0.15, 0.2) is 41.2 Å². The maximum Gasteiger partial charge on any atom is 0.431 e. The number of carbonyl (C=O) groups excluding carboxylic acids is 2. The van der Waals surface area contributed by atoms with Crippen molar-refractivity contribution in [1.82, 2.24) is 20.1 Å². The van der Waals surface area contributed by atoms with Crippen LogP contribution in [-0.4, -0.2) is 71.2 Å². The maximum atomic E-state index is 14.6. The molecule has 2 aromatic carbocycles. The highest BCUT2D eigenvalue weighted by molar-refractivity contribution is 5.93. The molecule has 0 spiro atoms. The highest BCUT2D eigenvalue weighted by Crippen LogP contribution is 2.34. The number of aryl methyl sites for hydroxylation is 3. The summed E-state index contributed by atoms with van der Waals surface area (Å²) in [5.41, 5.74) is 0.982. The number of nitrogens with one attached hydrogen (secondary N) is 2. The van der Waals surface area contributed by atoms with Crippen molar-refractivity contribution in [2.75, 3.05) is 26.2 Å². The van der Waals surface area contributed by atoms with Crippen molar-refractivity contribution in [3.05, 3.63) is 91.9 Å². The normalized spacial score (nSPS) is 16.6. The number of nitrogens with zero attached hydrogens (tertiary/aromatic N) is 2. The number of alkyl halides is 3. The van der Waals surface area contributed by atoms with Crippen LogP contribution in [0.3, 0.4) is 0 Å². The number of rotatable bonds is 14. The lowest BCUT2D eigenvalue weighted by molar-refractivity contribution is -0.144. The fraction of sp³-hybridized carbons (Fsp3) is 0.500. The number of carboxylic acids is 1. The van der Waals surface area contributed by atoms with E-state index in [1.807, 2.05) is 27.7 Å². The van der Waals surface area contributed by atoms with Crippen molar-refractivity contribution in [3.8, 4) is 11.1 Å². The number of ether oxygens (including phenoxy) is 1. The summed E-state index contributed by atoms with van der Waals surface area (Å²) in [6, 6.07) is 6.72. The zero-order valence-corrected chi connectivity index (χ0v) is 32.3. The number of pyridine rings is 1. The van der Waals surface area contributed by atoms with Gasteiger partial charge in [0.25, 0.3) is 11.5 Å². The first-order valence-corrected chi connectivity index (χ1v) is 18.2. The maximum absolute atomic E-state index is 14.6. The summed E-state index contributed by atoms with van der Waals surface area (Å²) in [6.07, 6.45) is -3.57. The summed E-state index contributed by atoms with van der Waals surface area (Å²) in [6.45, 7) is 15.2. The Morgan fingerprint density at radius 2 is 1.60 bits per heavy atom. The zero-order valence-electron chi connectivity index (χ0n) is 32.3. The Labute approximate surface area is 318 Å². The van der Waals surface area contributed by atoms with Crippen LogP contribution < -0.4 is 16.2 Å². The van der Waals surface area contributed by atoms with Crippen molar-refractivity contribution < 1.29 is 46.2 Å². The average Bonchev–Trinajstić information content (AvgIpc) is 3.05. The zero-order chi connectivity index (χ0) is 41.2. The predicted octanol–water partition coefficient (Wildman–Crippen LogP) is 6.96. The van der Waals surface area contributed by atoms with E-state index in [1.54, 1.807) is 26.8 Å². The molecule has 2 amide bonds. The number of benzene rings is 2. The minimum Gasteiger partial charge on any atom is -0.481 e. The quantitative estimate of drug-likeness (QED) is 0.119. The highest BCUT2D eigenvalue weighted by Gasteiger charge is 2.35. The van der Waals surface area contributed by atoms with Gasteiger partial charge in [-0.1, -0.05) is 13.8 Å². The minimum atomic E-state index is -4.67. The molecule has 0 aliphatic carbocycles. The molecule has 15 heteroatoms. The van der Waals surface area contributed by atoms with Gasteiger partial charge >= 0.3 is 12.1 Å². The molecule has 4 rings (SSSR count). The standard InChI is InChI=1S/C21H32F3N3O3.C19H19F2NO3/c1-14(2)8-9-25-19(28)17-6-7-18(21(22,23)24)27(20(17)29)11-5-10-26-12-15(3)30-16(4)13-26;1-10-5-14(20)6-11(2)18(10)13-4-12(3)19(21)15(7-13)16(22-9-23)8-17(24)25/h6-7,14-16H,5,8-13H2,1-4H3,(H,25,28);4-7,9,16H,8H2,1-3H3,(H,22,23)(H,24,25)/t15-,16+;16-/m.0/s1. The van der Waals surface area contributed by atoms with Crippen molar-refractivity contribution in [3.63, 3.8) is 0 Å². The molecule has 3 aromatic rings. The Morgan fingerprint density at radius 3 is 2.15 bits per heavy atom. The first-order valence-electron chi connectivity index (χ1n) is 18.2. The summed E-state index contributed by atoms with van der Waals surface area (Å²) in [5.74, 6) is -2.36. The van der Waals surface area contributed by atoms with Gasteiger partial charge in [0, 0.05) is 38.3 Å². The number of carboxylic acid groups (broad SMARTS) is 1. The molecular formula is C40H51F5N4O6. The Morgan fingerprint density at radius 1 is 0.982 bits per heavy atom. The molecule has 55 heavy (non-hydrogen) atoms. The molecule has 3 atom stereocenters. The van der Waals surface area contributed by atoms with Gasteiger partial charge in [-0.2, -0.15) is 13.2 Å². The van der Waals surface area contributed by atoms with Crippen LogP contribution in [0.25, 0.3) is 11.1 Å². The van der Waals surface area contributed by atoms with Gasteiger partial charge in [0.2, 0.25) is 6.41 Å². The van der Waals surface area contributed by atoms with E-state index in [1.165, 1.54) is 18.2 Å². The molecule has 0 unspecified atom stereocenters. The molecule has 0 saturated carbocycles. The van der Waals surface area contributed by atoms with Gasteiger partial charge in [-0.15, -0.1) is 0 Å². The van der Waals surface area contributed by atoms with E-state index >= 15 is 0 Å². The summed E-state index contributed by atoms with van der Waals surface area (Å²) in [7, 11) is 0. The predicted molar refractivity (Wildman–Crippen MR) is 199 cm³/mol. The van der Waals surface area contributed by atoms with Gasteiger partial charge in [0.1, 0.15) is 22.9 Å². The van der Waals surface area contributed by atoms with Crippen LogP contribution in [0.4, 0.5) is 22.0 Å². The molecule has 0 bridgehead atoms. The lowest BCUT2D eigenvalue weighted by Gasteiger charge is -2.35. The fourth-order valence-corrected chi connectivity index (χ4v) is 6.79. The molecule has 1 aliphatic heterocycles. The SMILES string of the molecule is CC(C)CCNC(=O)c1ccc(C(F)(F)F)n(CCCN2C[C@@H](C)O[C@@H](C)C2)c1=O.Cc1cc(-c2c(C)cc(F)cc2C)cc([C@H](CC(=O)O)NC=O)c1F. The molecule has 1 fully saturated rings. The largest absolute Gasteiger partial charge is 0.481 e. The van der Waals surface area contributed by atoms with Gasteiger partial charge in [-0.3, -0.25) is 24.1 Å². The molecule has 2 heterocycles. The lowest BCUT2D eigenvalue weighted by Crippen LogP contribution is -2.46. The molecule has 302 valence electrons. The van der Waals surface area contributed by atoms with Crippen LogP contribution in [-0.2, 0) is 27.0 Å². The van der Waals surface area contributed by atoms with Crippen molar-refractivity contribution >= 4 is 18.3 Å². The number of aromatic nitrogens is 1.